The first-order valence-electron chi connectivity index (χ1n) is 9.60. The van der Waals surface area contributed by atoms with Crippen LogP contribution in [0.15, 0.2) is 27.9 Å². The quantitative estimate of drug-likeness (QED) is 0.375. The number of anilines is 1. The number of hydrogen-bond acceptors (Lipinski definition) is 10. The molecule has 2 aromatic heterocycles. The zero-order valence-corrected chi connectivity index (χ0v) is 17.2. The largest absolute Gasteiger partial charge is 0.507 e. The standard InChI is InChI=1S/C18H20ClN9O3/c19-12-4-5-14(29)11(8-12)9-21-23-18(30)15-13(10-27-6-2-1-3-7-27)28(26-22-15)17-16(20)24-31-25-17/h4-5,8-9,29H,1-3,6-7,10H2,(H2,20,24)(H,23,30)/b21-9+. The van der Waals surface area contributed by atoms with E-state index in [1.807, 2.05) is 0 Å². The molecule has 3 heterocycles. The number of likely N-dealkylation sites (tertiary alicyclic amines) is 1. The number of halogens is 1. The lowest BCUT2D eigenvalue weighted by atomic mass is 10.1. The fraction of sp³-hybridized carbons (Fsp3) is 0.333. The van der Waals surface area contributed by atoms with Gasteiger partial charge < -0.3 is 10.8 Å². The topological polar surface area (TPSA) is 161 Å². The minimum absolute atomic E-state index is 0.0202. The minimum Gasteiger partial charge on any atom is -0.507 e. The Morgan fingerprint density at radius 3 is 2.87 bits per heavy atom. The predicted molar refractivity (Wildman–Crippen MR) is 111 cm³/mol. The number of nitrogen functional groups attached to an aromatic ring is 1. The van der Waals surface area contributed by atoms with Gasteiger partial charge in [0.15, 0.2) is 5.69 Å². The van der Waals surface area contributed by atoms with Crippen LogP contribution < -0.4 is 11.2 Å². The molecule has 1 amide bonds. The van der Waals surface area contributed by atoms with E-state index in [-0.39, 0.29) is 23.1 Å². The lowest BCUT2D eigenvalue weighted by molar-refractivity contribution is 0.0947. The summed E-state index contributed by atoms with van der Waals surface area (Å²) in [5, 5.41) is 29.5. The minimum atomic E-state index is -0.578. The van der Waals surface area contributed by atoms with Gasteiger partial charge in [0.1, 0.15) is 5.75 Å². The summed E-state index contributed by atoms with van der Waals surface area (Å²) in [5.74, 6) is -0.406. The number of nitrogens with zero attached hydrogens (tertiary/aromatic N) is 7. The summed E-state index contributed by atoms with van der Waals surface area (Å²) < 4.78 is 6.01. The molecule has 0 spiro atoms. The Bertz CT molecular complexity index is 1100. The molecule has 3 aromatic rings. The van der Waals surface area contributed by atoms with Crippen molar-refractivity contribution in [2.45, 2.75) is 25.8 Å². The maximum atomic E-state index is 12.8. The summed E-state index contributed by atoms with van der Waals surface area (Å²) in [7, 11) is 0. The van der Waals surface area contributed by atoms with Gasteiger partial charge in [0, 0.05) is 17.1 Å². The highest BCUT2D eigenvalue weighted by molar-refractivity contribution is 6.30. The molecule has 13 heteroatoms. The second kappa shape index (κ2) is 9.10. The number of hydrazone groups is 1. The molecular weight excluding hydrogens is 426 g/mol. The van der Waals surface area contributed by atoms with E-state index < -0.39 is 5.91 Å². The Labute approximate surface area is 181 Å². The van der Waals surface area contributed by atoms with Gasteiger partial charge in [0.05, 0.1) is 11.9 Å². The van der Waals surface area contributed by atoms with Crippen LogP contribution in [0.4, 0.5) is 5.82 Å². The van der Waals surface area contributed by atoms with Crippen LogP contribution in [-0.4, -0.2) is 60.5 Å². The van der Waals surface area contributed by atoms with Crippen molar-refractivity contribution in [2.24, 2.45) is 5.10 Å². The van der Waals surface area contributed by atoms with Crippen molar-refractivity contribution in [3.63, 3.8) is 0 Å². The molecule has 1 fully saturated rings. The summed E-state index contributed by atoms with van der Waals surface area (Å²) in [6.45, 7) is 2.21. The summed E-state index contributed by atoms with van der Waals surface area (Å²) >= 11 is 5.92. The Hall–Kier alpha value is -3.51. The van der Waals surface area contributed by atoms with Gasteiger partial charge in [-0.1, -0.05) is 23.2 Å². The third-order valence-corrected chi connectivity index (χ3v) is 5.09. The molecule has 0 aliphatic carbocycles. The number of phenols is 1. The first-order chi connectivity index (χ1) is 15.0. The normalized spacial score (nSPS) is 14.9. The number of rotatable bonds is 6. The first kappa shape index (κ1) is 20.8. The zero-order valence-electron chi connectivity index (χ0n) is 16.4. The molecule has 1 aromatic carbocycles. The second-order valence-electron chi connectivity index (χ2n) is 7.01. The molecule has 1 saturated heterocycles. The first-order valence-corrected chi connectivity index (χ1v) is 9.98. The van der Waals surface area contributed by atoms with Crippen molar-refractivity contribution in [2.75, 3.05) is 18.8 Å². The number of aromatic nitrogens is 5. The summed E-state index contributed by atoms with van der Waals surface area (Å²) in [6.07, 6.45) is 4.61. The van der Waals surface area contributed by atoms with Crippen LogP contribution in [0.3, 0.4) is 0 Å². The number of amides is 1. The Balaban J connectivity index is 1.58. The van der Waals surface area contributed by atoms with Gasteiger partial charge in [-0.2, -0.15) is 9.78 Å². The van der Waals surface area contributed by atoms with Gasteiger partial charge in [0.2, 0.25) is 11.6 Å². The Kier molecular flexibility index (Phi) is 6.09. The van der Waals surface area contributed by atoms with Crippen molar-refractivity contribution >= 4 is 29.5 Å². The van der Waals surface area contributed by atoms with E-state index >= 15 is 0 Å². The molecule has 12 nitrogen and oxygen atoms in total. The molecule has 1 aliphatic rings. The van der Waals surface area contributed by atoms with Crippen molar-refractivity contribution in [1.82, 2.24) is 35.6 Å². The maximum Gasteiger partial charge on any atom is 0.293 e. The second-order valence-corrected chi connectivity index (χ2v) is 7.45. The van der Waals surface area contributed by atoms with Crippen LogP contribution in [0.1, 0.15) is 41.0 Å². The maximum absolute atomic E-state index is 12.8. The molecule has 4 N–H and O–H groups in total. The number of nitrogens with one attached hydrogen (secondary N) is 1. The molecule has 0 atom stereocenters. The smallest absolute Gasteiger partial charge is 0.293 e. The van der Waals surface area contributed by atoms with Crippen LogP contribution in [0.25, 0.3) is 5.82 Å². The number of nitrogens with two attached hydrogens (primary N) is 1. The van der Waals surface area contributed by atoms with E-state index in [1.165, 1.54) is 29.4 Å². The van der Waals surface area contributed by atoms with E-state index in [4.69, 9.17) is 17.3 Å². The molecule has 162 valence electrons. The van der Waals surface area contributed by atoms with Crippen LogP contribution in [-0.2, 0) is 6.54 Å². The number of carbonyl (C=O) groups is 1. The van der Waals surface area contributed by atoms with Gasteiger partial charge >= 0.3 is 0 Å². The Morgan fingerprint density at radius 1 is 1.32 bits per heavy atom. The number of carbonyl (C=O) groups excluding carboxylic acids is 1. The monoisotopic (exact) mass is 445 g/mol. The van der Waals surface area contributed by atoms with Gasteiger partial charge in [-0.25, -0.2) is 10.1 Å². The van der Waals surface area contributed by atoms with E-state index in [9.17, 15) is 9.90 Å². The highest BCUT2D eigenvalue weighted by Crippen LogP contribution is 2.21. The molecular formula is C18H20ClN9O3. The number of phenolic OH excluding ortho intramolecular Hbond substituents is 1. The summed E-state index contributed by atoms with van der Waals surface area (Å²) in [4.78, 5) is 15.0. The highest BCUT2D eigenvalue weighted by atomic mass is 35.5. The molecule has 4 rings (SSSR count). The number of hydrogen-bond donors (Lipinski definition) is 3. The van der Waals surface area contributed by atoms with Gasteiger partial charge in [-0.3, -0.25) is 9.69 Å². The third kappa shape index (κ3) is 4.64. The van der Waals surface area contributed by atoms with Gasteiger partial charge in [-0.15, -0.1) is 5.10 Å². The number of piperidine rings is 1. The van der Waals surface area contributed by atoms with Crippen molar-refractivity contribution in [3.8, 4) is 11.6 Å². The third-order valence-electron chi connectivity index (χ3n) is 4.86. The van der Waals surface area contributed by atoms with Gasteiger partial charge in [-0.05, 0) is 54.4 Å². The fourth-order valence-electron chi connectivity index (χ4n) is 3.30. The molecule has 0 radical (unpaired) electrons. The van der Waals surface area contributed by atoms with Crippen molar-refractivity contribution < 1.29 is 14.5 Å². The van der Waals surface area contributed by atoms with E-state index in [0.717, 1.165) is 25.9 Å². The SMILES string of the molecule is Nc1nonc1-n1nnc(C(=O)N/N=C/c2cc(Cl)ccc2O)c1CN1CCCCC1. The van der Waals surface area contributed by atoms with E-state index in [1.54, 1.807) is 6.07 Å². The van der Waals surface area contributed by atoms with Gasteiger partial charge in [0.25, 0.3) is 5.91 Å². The van der Waals surface area contributed by atoms with Crippen LogP contribution in [0.2, 0.25) is 5.02 Å². The summed E-state index contributed by atoms with van der Waals surface area (Å²) in [5.41, 5.74) is 9.11. The molecule has 1 aliphatic heterocycles. The zero-order chi connectivity index (χ0) is 21.8. The predicted octanol–water partition coefficient (Wildman–Crippen LogP) is 1.34. The molecule has 0 bridgehead atoms. The van der Waals surface area contributed by atoms with E-state index in [0.29, 0.717) is 22.8 Å². The average molecular weight is 446 g/mol. The molecule has 0 saturated carbocycles. The average Bonchev–Trinajstić information content (AvgIpc) is 3.37. The van der Waals surface area contributed by atoms with Crippen molar-refractivity contribution in [1.29, 1.82) is 0 Å². The van der Waals surface area contributed by atoms with E-state index in [2.05, 4.69) is 40.7 Å². The van der Waals surface area contributed by atoms with Crippen molar-refractivity contribution in [3.05, 3.63) is 40.2 Å². The van der Waals surface area contributed by atoms with Crippen LogP contribution >= 0.6 is 11.6 Å². The number of benzene rings is 1. The highest BCUT2D eigenvalue weighted by Gasteiger charge is 2.26. The summed E-state index contributed by atoms with van der Waals surface area (Å²) in [6, 6.07) is 4.50. The number of aromatic hydroxyl groups is 1. The molecule has 31 heavy (non-hydrogen) atoms. The lowest BCUT2D eigenvalue weighted by Gasteiger charge is -2.26. The Morgan fingerprint density at radius 2 is 2.13 bits per heavy atom. The van der Waals surface area contributed by atoms with Crippen LogP contribution in [0.5, 0.6) is 5.75 Å². The lowest BCUT2D eigenvalue weighted by Crippen LogP contribution is -2.31. The fourth-order valence-corrected chi connectivity index (χ4v) is 3.48. The van der Waals surface area contributed by atoms with Crippen LogP contribution in [0, 0.1) is 0 Å². The molecule has 0 unspecified atom stereocenters.